The Morgan fingerprint density at radius 1 is 1.40 bits per heavy atom. The third-order valence-corrected chi connectivity index (χ3v) is 4.47. The van der Waals surface area contributed by atoms with Crippen molar-refractivity contribution in [1.82, 2.24) is 14.9 Å². The maximum Gasteiger partial charge on any atom is 0.305 e. The van der Waals surface area contributed by atoms with Gasteiger partial charge in [-0.1, -0.05) is 36.0 Å². The number of amidine groups is 1. The van der Waals surface area contributed by atoms with Crippen molar-refractivity contribution in [1.29, 1.82) is 0 Å². The molecule has 1 aromatic carbocycles. The van der Waals surface area contributed by atoms with E-state index >= 15 is 0 Å². The smallest absolute Gasteiger partial charge is 0.305 e. The van der Waals surface area contributed by atoms with Gasteiger partial charge in [0, 0.05) is 18.9 Å². The van der Waals surface area contributed by atoms with Gasteiger partial charge >= 0.3 is 5.97 Å². The molecule has 0 saturated carbocycles. The summed E-state index contributed by atoms with van der Waals surface area (Å²) in [5, 5.41) is 18.8. The highest BCUT2D eigenvalue weighted by Gasteiger charge is 2.32. The molecule has 1 amide bonds. The van der Waals surface area contributed by atoms with Crippen LogP contribution < -0.4 is 5.32 Å². The third-order valence-electron chi connectivity index (χ3n) is 3.40. The van der Waals surface area contributed by atoms with Crippen LogP contribution in [0.4, 0.5) is 0 Å². The number of rotatable bonds is 6. The summed E-state index contributed by atoms with van der Waals surface area (Å²) in [5.41, 5.74) is 2.01. The number of carbonyl (C=O) groups excluding carboxylic acids is 1. The molecule has 1 unspecified atom stereocenters. The van der Waals surface area contributed by atoms with E-state index < -0.39 is 11.2 Å². The molecule has 0 aliphatic carbocycles. The number of aliphatic carboxylic acids is 1. The van der Waals surface area contributed by atoms with E-state index in [1.807, 2.05) is 35.0 Å². The van der Waals surface area contributed by atoms with Crippen molar-refractivity contribution in [3.8, 4) is 0 Å². The molecule has 0 spiro atoms. The van der Waals surface area contributed by atoms with Crippen molar-refractivity contribution < 1.29 is 14.7 Å². The van der Waals surface area contributed by atoms with E-state index in [0.717, 1.165) is 29.4 Å². The lowest BCUT2D eigenvalue weighted by Gasteiger charge is -2.02. The van der Waals surface area contributed by atoms with Crippen LogP contribution in [0.2, 0.25) is 0 Å². The fourth-order valence-corrected chi connectivity index (χ4v) is 3.11. The average molecular weight is 357 g/mol. The van der Waals surface area contributed by atoms with Crippen LogP contribution in [0.15, 0.2) is 53.2 Å². The van der Waals surface area contributed by atoms with E-state index in [1.165, 1.54) is 0 Å². The van der Waals surface area contributed by atoms with Gasteiger partial charge in [-0.3, -0.25) is 9.59 Å². The first-order valence-electron chi connectivity index (χ1n) is 7.45. The van der Waals surface area contributed by atoms with Crippen molar-refractivity contribution in [2.24, 2.45) is 10.2 Å². The summed E-state index contributed by atoms with van der Waals surface area (Å²) in [6.07, 6.45) is 6.73. The molecule has 25 heavy (non-hydrogen) atoms. The van der Waals surface area contributed by atoms with Crippen molar-refractivity contribution in [3.05, 3.63) is 54.1 Å². The number of benzene rings is 1. The van der Waals surface area contributed by atoms with Crippen LogP contribution in [0.1, 0.15) is 17.5 Å². The topological polar surface area (TPSA) is 109 Å². The minimum Gasteiger partial charge on any atom is -0.481 e. The van der Waals surface area contributed by atoms with Crippen molar-refractivity contribution in [2.45, 2.75) is 18.2 Å². The van der Waals surface area contributed by atoms with E-state index in [2.05, 4.69) is 20.5 Å². The third kappa shape index (κ3) is 4.77. The van der Waals surface area contributed by atoms with Gasteiger partial charge in [0.05, 0.1) is 19.0 Å². The molecule has 0 bridgehead atoms. The Hall–Kier alpha value is -2.94. The summed E-state index contributed by atoms with van der Waals surface area (Å²) in [6, 6.07) is 7.82. The van der Waals surface area contributed by atoms with Gasteiger partial charge in [0.2, 0.25) is 5.91 Å². The molecule has 8 nitrogen and oxygen atoms in total. The molecule has 1 atom stereocenters. The standard InChI is InChI=1S/C16H15N5O3S/c22-14(23)7-13-15(24)19-16(25-13)20-18-8-11-1-3-12(4-2-11)9-21-6-5-17-10-21/h1-6,8,10,13H,7,9H2,(H,22,23)(H,19,20,24). The number of hydrogen-bond donors (Lipinski definition) is 2. The predicted molar refractivity (Wildman–Crippen MR) is 94.6 cm³/mol. The predicted octanol–water partition coefficient (Wildman–Crippen LogP) is 1.33. The van der Waals surface area contributed by atoms with Gasteiger partial charge < -0.3 is 15.0 Å². The zero-order chi connectivity index (χ0) is 17.6. The maximum absolute atomic E-state index is 11.6. The maximum atomic E-state index is 11.6. The minimum atomic E-state index is -1.02. The molecule has 1 aliphatic rings. The number of amides is 1. The lowest BCUT2D eigenvalue weighted by Crippen LogP contribution is -2.26. The summed E-state index contributed by atoms with van der Waals surface area (Å²) >= 11 is 1.07. The monoisotopic (exact) mass is 357 g/mol. The molecule has 3 rings (SSSR count). The highest BCUT2D eigenvalue weighted by Crippen LogP contribution is 2.22. The van der Waals surface area contributed by atoms with Crippen LogP contribution in [0.5, 0.6) is 0 Å². The number of carbonyl (C=O) groups is 2. The second-order valence-corrected chi connectivity index (χ2v) is 6.51. The zero-order valence-corrected chi connectivity index (χ0v) is 13.9. The van der Waals surface area contributed by atoms with Gasteiger partial charge in [0.15, 0.2) is 5.17 Å². The van der Waals surface area contributed by atoms with Crippen LogP contribution in [0.25, 0.3) is 0 Å². The molecular formula is C16H15N5O3S. The zero-order valence-electron chi connectivity index (χ0n) is 13.1. The molecule has 9 heteroatoms. The molecule has 1 aliphatic heterocycles. The molecule has 2 N–H and O–H groups in total. The van der Waals surface area contributed by atoms with E-state index in [9.17, 15) is 9.59 Å². The fourth-order valence-electron chi connectivity index (χ4n) is 2.19. The highest BCUT2D eigenvalue weighted by molar-refractivity contribution is 8.15. The summed E-state index contributed by atoms with van der Waals surface area (Å²) in [5.74, 6) is -1.38. The van der Waals surface area contributed by atoms with Crippen LogP contribution in [-0.4, -0.2) is 43.2 Å². The summed E-state index contributed by atoms with van der Waals surface area (Å²) in [7, 11) is 0. The Kier molecular flexibility index (Phi) is 5.24. The van der Waals surface area contributed by atoms with Gasteiger partial charge in [-0.2, -0.15) is 5.10 Å². The molecule has 1 fully saturated rings. The summed E-state index contributed by atoms with van der Waals surface area (Å²) in [4.78, 5) is 26.3. The van der Waals surface area contributed by atoms with Gasteiger partial charge in [0.1, 0.15) is 5.25 Å². The van der Waals surface area contributed by atoms with Crippen molar-refractivity contribution >= 4 is 35.0 Å². The Bertz CT molecular complexity index is 815. The Balaban J connectivity index is 1.57. The quantitative estimate of drug-likeness (QED) is 0.599. The van der Waals surface area contributed by atoms with Gasteiger partial charge in [0.25, 0.3) is 0 Å². The lowest BCUT2D eigenvalue weighted by atomic mass is 10.1. The average Bonchev–Trinajstić information content (AvgIpc) is 3.19. The molecule has 1 aromatic heterocycles. The molecular weight excluding hydrogens is 342 g/mol. The largest absolute Gasteiger partial charge is 0.481 e. The van der Waals surface area contributed by atoms with E-state index in [1.54, 1.807) is 18.7 Å². The fraction of sp³-hybridized carbons (Fsp3) is 0.188. The second-order valence-electron chi connectivity index (χ2n) is 5.32. The number of carboxylic acid groups (broad SMARTS) is 1. The number of nitrogens with one attached hydrogen (secondary N) is 1. The first-order valence-corrected chi connectivity index (χ1v) is 8.33. The number of nitrogens with zero attached hydrogens (tertiary/aromatic N) is 4. The van der Waals surface area contributed by atoms with Crippen LogP contribution in [-0.2, 0) is 16.1 Å². The summed E-state index contributed by atoms with van der Waals surface area (Å²) in [6.45, 7) is 0.743. The number of aromatic nitrogens is 2. The van der Waals surface area contributed by atoms with Gasteiger partial charge in [-0.25, -0.2) is 4.98 Å². The lowest BCUT2D eigenvalue weighted by molar-refractivity contribution is -0.138. The number of thioether (sulfide) groups is 1. The molecule has 128 valence electrons. The Morgan fingerprint density at radius 3 is 2.88 bits per heavy atom. The van der Waals surface area contributed by atoms with E-state index in [4.69, 9.17) is 5.11 Å². The van der Waals surface area contributed by atoms with E-state index in [-0.39, 0.29) is 12.3 Å². The van der Waals surface area contributed by atoms with Crippen LogP contribution in [0, 0.1) is 0 Å². The number of imidazole rings is 1. The molecule has 2 aromatic rings. The first-order chi connectivity index (χ1) is 12.1. The second kappa shape index (κ2) is 7.75. The van der Waals surface area contributed by atoms with Crippen molar-refractivity contribution in [3.63, 3.8) is 0 Å². The number of carboxylic acids is 1. The normalized spacial score (nSPS) is 18.8. The molecule has 0 radical (unpaired) electrons. The van der Waals surface area contributed by atoms with Crippen molar-refractivity contribution in [2.75, 3.05) is 0 Å². The minimum absolute atomic E-state index is 0.238. The van der Waals surface area contributed by atoms with Gasteiger partial charge in [-0.05, 0) is 11.1 Å². The van der Waals surface area contributed by atoms with E-state index in [0.29, 0.717) is 5.17 Å². The molecule has 1 saturated heterocycles. The van der Waals surface area contributed by atoms with Gasteiger partial charge in [-0.15, -0.1) is 5.10 Å². The van der Waals surface area contributed by atoms with Crippen LogP contribution in [0.3, 0.4) is 0 Å². The van der Waals surface area contributed by atoms with Crippen LogP contribution >= 0.6 is 11.8 Å². The first kappa shape index (κ1) is 16.9. The highest BCUT2D eigenvalue weighted by atomic mass is 32.2. The Labute approximate surface area is 147 Å². The Morgan fingerprint density at radius 2 is 2.20 bits per heavy atom. The SMILES string of the molecule is O=C(O)CC1SC(=NN=Cc2ccc(Cn3ccnc3)cc2)NC1=O. The number of hydrogen-bond acceptors (Lipinski definition) is 6. The summed E-state index contributed by atoms with van der Waals surface area (Å²) < 4.78 is 1.97. The molecule has 2 heterocycles.